The first-order valence-electron chi connectivity index (χ1n) is 7.01. The first-order valence-corrected chi connectivity index (χ1v) is 7.01. The summed E-state index contributed by atoms with van der Waals surface area (Å²) in [6, 6.07) is 0. The lowest BCUT2D eigenvalue weighted by atomic mass is 10.0. The zero-order valence-corrected chi connectivity index (χ0v) is 14.3. The number of esters is 4. The highest BCUT2D eigenvalue weighted by molar-refractivity contribution is 5.81. The highest BCUT2D eigenvalue weighted by Gasteiger charge is 2.49. The van der Waals surface area contributed by atoms with Gasteiger partial charge in [-0.25, -0.2) is 9.59 Å². The minimum atomic E-state index is -2.24. The Labute approximate surface area is 146 Å². The van der Waals surface area contributed by atoms with E-state index >= 15 is 0 Å². The van der Waals surface area contributed by atoms with Crippen molar-refractivity contribution < 1.29 is 57.9 Å². The van der Waals surface area contributed by atoms with Gasteiger partial charge in [-0.15, -0.1) is 0 Å². The van der Waals surface area contributed by atoms with E-state index in [4.69, 9.17) is 9.47 Å². The minimum absolute atomic E-state index is 0.850. The molecule has 0 aromatic heterocycles. The van der Waals surface area contributed by atoms with Gasteiger partial charge in [0, 0.05) is 27.7 Å². The normalized spacial score (nSPS) is 14.8. The van der Waals surface area contributed by atoms with E-state index in [1.165, 1.54) is 0 Å². The Morgan fingerprint density at radius 2 is 0.769 bits per heavy atom. The Hall–Kier alpha value is -3.18. The van der Waals surface area contributed by atoms with Gasteiger partial charge < -0.3 is 29.2 Å². The molecule has 0 radical (unpaired) electrons. The van der Waals surface area contributed by atoms with Crippen molar-refractivity contribution in [3.8, 4) is 0 Å². The smallest absolute Gasteiger partial charge is 0.349 e. The van der Waals surface area contributed by atoms with E-state index in [1.54, 1.807) is 0 Å². The molecule has 0 saturated carbocycles. The van der Waals surface area contributed by atoms with Gasteiger partial charge in [-0.2, -0.15) is 0 Å². The van der Waals surface area contributed by atoms with Crippen molar-refractivity contribution in [3.63, 3.8) is 0 Å². The molecule has 0 aromatic rings. The van der Waals surface area contributed by atoms with Crippen molar-refractivity contribution in [2.45, 2.75) is 52.1 Å². The SMILES string of the molecule is CC(=O)O[C@@H]([C@H](OC(C)=O)[C@H](OC(C)=O)C(=O)O)[C@H](OC(C)=O)C(=O)O. The van der Waals surface area contributed by atoms with Crippen LogP contribution >= 0.6 is 0 Å². The molecular formula is C14H18O12. The molecule has 12 nitrogen and oxygen atoms in total. The Morgan fingerprint density at radius 1 is 0.538 bits per heavy atom. The van der Waals surface area contributed by atoms with E-state index in [9.17, 15) is 39.0 Å². The largest absolute Gasteiger partial charge is 0.478 e. The van der Waals surface area contributed by atoms with Gasteiger partial charge in [0.15, 0.2) is 12.2 Å². The van der Waals surface area contributed by atoms with Gasteiger partial charge in [0.05, 0.1) is 0 Å². The second-order valence-corrected chi connectivity index (χ2v) is 4.88. The standard InChI is InChI=1S/C14H18O12/c1-5(15)23-9(11(13(19)20)25-7(3)17)10(24-6(2)16)12(14(21)22)26-8(4)18/h9-12H,1-4H3,(H,19,20)(H,21,22)/t9-,10-,11-,12-/m0/s1. The Bertz CT molecular complexity index is 543. The van der Waals surface area contributed by atoms with Gasteiger partial charge in [0.1, 0.15) is 0 Å². The third-order valence-electron chi connectivity index (χ3n) is 2.60. The summed E-state index contributed by atoms with van der Waals surface area (Å²) < 4.78 is 18.5. The van der Waals surface area contributed by atoms with Crippen LogP contribution in [0.5, 0.6) is 0 Å². The fraction of sp³-hybridized carbons (Fsp3) is 0.571. The van der Waals surface area contributed by atoms with E-state index < -0.39 is 60.2 Å². The van der Waals surface area contributed by atoms with Crippen molar-refractivity contribution in [3.05, 3.63) is 0 Å². The summed E-state index contributed by atoms with van der Waals surface area (Å²) in [5, 5.41) is 18.5. The third-order valence-corrected chi connectivity index (χ3v) is 2.60. The minimum Gasteiger partial charge on any atom is -0.478 e. The molecule has 0 heterocycles. The van der Waals surface area contributed by atoms with Gasteiger partial charge in [0.25, 0.3) is 0 Å². The van der Waals surface area contributed by atoms with Crippen LogP contribution in [0.25, 0.3) is 0 Å². The lowest BCUT2D eigenvalue weighted by Crippen LogP contribution is -2.56. The number of carboxylic acid groups (broad SMARTS) is 2. The molecule has 0 aliphatic carbocycles. The molecule has 0 rings (SSSR count). The lowest BCUT2D eigenvalue weighted by molar-refractivity contribution is -0.206. The summed E-state index contributed by atoms with van der Waals surface area (Å²) in [6.45, 7) is 3.41. The Balaban J connectivity index is 6.20. The Morgan fingerprint density at radius 3 is 0.923 bits per heavy atom. The lowest BCUT2D eigenvalue weighted by Gasteiger charge is -2.32. The average Bonchev–Trinajstić information content (AvgIpc) is 2.44. The highest BCUT2D eigenvalue weighted by atomic mass is 16.6. The van der Waals surface area contributed by atoms with Crippen LogP contribution in [0.2, 0.25) is 0 Å². The zero-order valence-electron chi connectivity index (χ0n) is 14.3. The molecule has 0 amide bonds. The van der Waals surface area contributed by atoms with Crippen LogP contribution in [0.3, 0.4) is 0 Å². The highest BCUT2D eigenvalue weighted by Crippen LogP contribution is 2.20. The van der Waals surface area contributed by atoms with Crippen LogP contribution in [0.4, 0.5) is 0 Å². The van der Waals surface area contributed by atoms with E-state index in [-0.39, 0.29) is 0 Å². The van der Waals surface area contributed by atoms with E-state index in [2.05, 4.69) is 9.47 Å². The van der Waals surface area contributed by atoms with Gasteiger partial charge in [-0.1, -0.05) is 0 Å². The van der Waals surface area contributed by atoms with Crippen molar-refractivity contribution in [1.29, 1.82) is 0 Å². The van der Waals surface area contributed by atoms with Crippen LogP contribution < -0.4 is 0 Å². The molecule has 0 aliphatic heterocycles. The van der Waals surface area contributed by atoms with Gasteiger partial charge in [-0.05, 0) is 0 Å². The van der Waals surface area contributed by atoms with Crippen molar-refractivity contribution >= 4 is 35.8 Å². The van der Waals surface area contributed by atoms with Crippen LogP contribution in [0.15, 0.2) is 0 Å². The molecule has 0 aliphatic rings. The quantitative estimate of drug-likeness (QED) is 0.365. The molecule has 0 saturated heterocycles. The molecule has 12 heteroatoms. The number of ether oxygens (including phenoxy) is 4. The fourth-order valence-electron chi connectivity index (χ4n) is 1.86. The second kappa shape index (κ2) is 9.96. The molecule has 146 valence electrons. The first-order chi connectivity index (χ1) is 11.9. The van der Waals surface area contributed by atoms with Crippen LogP contribution in [-0.2, 0) is 47.7 Å². The summed E-state index contributed by atoms with van der Waals surface area (Å²) >= 11 is 0. The first kappa shape index (κ1) is 22.8. The van der Waals surface area contributed by atoms with E-state index in [0.717, 1.165) is 27.7 Å². The maximum Gasteiger partial charge on any atom is 0.349 e. The predicted molar refractivity (Wildman–Crippen MR) is 77.5 cm³/mol. The summed E-state index contributed by atoms with van der Waals surface area (Å²) in [6.07, 6.45) is -8.70. The summed E-state index contributed by atoms with van der Waals surface area (Å²) in [4.78, 5) is 67.7. The summed E-state index contributed by atoms with van der Waals surface area (Å²) in [5.41, 5.74) is 0. The molecule has 0 aromatic carbocycles. The number of rotatable bonds is 9. The number of aliphatic carboxylic acids is 2. The van der Waals surface area contributed by atoms with Crippen LogP contribution in [0.1, 0.15) is 27.7 Å². The van der Waals surface area contributed by atoms with Crippen LogP contribution in [0, 0.1) is 0 Å². The molecule has 0 spiro atoms. The monoisotopic (exact) mass is 378 g/mol. The number of carbonyl (C=O) groups is 6. The maximum atomic E-state index is 11.4. The second-order valence-electron chi connectivity index (χ2n) is 4.88. The van der Waals surface area contributed by atoms with Gasteiger partial charge >= 0.3 is 35.8 Å². The maximum absolute atomic E-state index is 11.4. The number of carbonyl (C=O) groups excluding carboxylic acids is 4. The van der Waals surface area contributed by atoms with Gasteiger partial charge in [-0.3, -0.25) is 19.2 Å². The summed E-state index contributed by atoms with van der Waals surface area (Å²) in [5.74, 6) is -8.05. The molecule has 4 atom stereocenters. The van der Waals surface area contributed by atoms with E-state index in [0.29, 0.717) is 0 Å². The summed E-state index contributed by atoms with van der Waals surface area (Å²) in [7, 11) is 0. The zero-order chi connectivity index (χ0) is 20.6. The third kappa shape index (κ3) is 7.59. The van der Waals surface area contributed by atoms with Crippen molar-refractivity contribution in [2.24, 2.45) is 0 Å². The molecule has 0 bridgehead atoms. The molecule has 0 unspecified atom stereocenters. The van der Waals surface area contributed by atoms with Crippen molar-refractivity contribution in [1.82, 2.24) is 0 Å². The van der Waals surface area contributed by atoms with Crippen molar-refractivity contribution in [2.75, 3.05) is 0 Å². The number of carboxylic acids is 2. The van der Waals surface area contributed by atoms with Crippen LogP contribution in [-0.4, -0.2) is 70.4 Å². The number of hydrogen-bond acceptors (Lipinski definition) is 10. The molecule has 2 N–H and O–H groups in total. The average molecular weight is 378 g/mol. The molecule has 0 fully saturated rings. The molecule has 26 heavy (non-hydrogen) atoms. The number of hydrogen-bond donors (Lipinski definition) is 2. The van der Waals surface area contributed by atoms with Gasteiger partial charge in [0.2, 0.25) is 12.2 Å². The fourth-order valence-corrected chi connectivity index (χ4v) is 1.86. The molecular weight excluding hydrogens is 360 g/mol. The topological polar surface area (TPSA) is 180 Å². The Kier molecular flexibility index (Phi) is 8.74. The van der Waals surface area contributed by atoms with E-state index in [1.807, 2.05) is 0 Å². The predicted octanol–water partition coefficient (Wildman–Crippen LogP) is -1.12.